The van der Waals surface area contributed by atoms with E-state index in [-0.39, 0.29) is 11.3 Å². The second kappa shape index (κ2) is 9.66. The standard InChI is InChI=1S/C26H22N2O4/c1-31-25-15-18(16-27-28-26(30)22-11-4-5-12-23(22)29)13-14-24(25)32-17-20-9-6-8-19-7-2-3-10-21(19)20/h2-16,29H,17H2,1H3,(H,28,30)/b27-16-. The van der Waals surface area contributed by atoms with Gasteiger partial charge in [-0.15, -0.1) is 0 Å². The molecule has 160 valence electrons. The smallest absolute Gasteiger partial charge is 0.275 e. The van der Waals surface area contributed by atoms with Gasteiger partial charge in [0.25, 0.3) is 5.91 Å². The number of carbonyl (C=O) groups is 1. The molecule has 0 aliphatic rings. The van der Waals surface area contributed by atoms with E-state index in [4.69, 9.17) is 9.47 Å². The highest BCUT2D eigenvalue weighted by atomic mass is 16.5. The van der Waals surface area contributed by atoms with E-state index in [2.05, 4.69) is 28.7 Å². The van der Waals surface area contributed by atoms with E-state index in [9.17, 15) is 9.90 Å². The Kier molecular flexibility index (Phi) is 6.32. The molecule has 6 nitrogen and oxygen atoms in total. The van der Waals surface area contributed by atoms with Gasteiger partial charge in [-0.2, -0.15) is 5.10 Å². The number of carbonyl (C=O) groups excluding carboxylic acids is 1. The SMILES string of the molecule is COc1cc(/C=N\NC(=O)c2ccccc2O)ccc1OCc1cccc2ccccc12. The number of hydrogen-bond acceptors (Lipinski definition) is 5. The summed E-state index contributed by atoms with van der Waals surface area (Å²) in [5, 5.41) is 16.0. The van der Waals surface area contributed by atoms with Crippen molar-refractivity contribution in [3.05, 3.63) is 102 Å². The van der Waals surface area contributed by atoms with Crippen LogP contribution in [0.4, 0.5) is 0 Å². The maximum atomic E-state index is 12.1. The number of methoxy groups -OCH3 is 1. The molecular formula is C26H22N2O4. The summed E-state index contributed by atoms with van der Waals surface area (Å²) in [6.45, 7) is 0.405. The van der Waals surface area contributed by atoms with Gasteiger partial charge < -0.3 is 14.6 Å². The number of amides is 1. The predicted octanol–water partition coefficient (Wildman–Crippen LogP) is 4.90. The van der Waals surface area contributed by atoms with Crippen molar-refractivity contribution in [1.82, 2.24) is 5.43 Å². The predicted molar refractivity (Wildman–Crippen MR) is 124 cm³/mol. The van der Waals surface area contributed by atoms with Gasteiger partial charge in [0.1, 0.15) is 12.4 Å². The Morgan fingerprint density at radius 1 is 0.969 bits per heavy atom. The van der Waals surface area contributed by atoms with E-state index >= 15 is 0 Å². The molecule has 0 saturated carbocycles. The van der Waals surface area contributed by atoms with Crippen molar-refractivity contribution in [2.45, 2.75) is 6.61 Å². The summed E-state index contributed by atoms with van der Waals surface area (Å²) >= 11 is 0. The van der Waals surface area contributed by atoms with Crippen LogP contribution in [0.3, 0.4) is 0 Å². The zero-order chi connectivity index (χ0) is 22.3. The van der Waals surface area contributed by atoms with Gasteiger partial charge >= 0.3 is 0 Å². The molecule has 32 heavy (non-hydrogen) atoms. The molecule has 0 spiro atoms. The van der Waals surface area contributed by atoms with E-state index in [1.165, 1.54) is 18.3 Å². The van der Waals surface area contributed by atoms with Gasteiger partial charge in [0, 0.05) is 0 Å². The number of para-hydroxylation sites is 1. The lowest BCUT2D eigenvalue weighted by Crippen LogP contribution is -2.17. The number of benzene rings is 4. The molecule has 2 N–H and O–H groups in total. The Morgan fingerprint density at radius 2 is 1.75 bits per heavy atom. The zero-order valence-corrected chi connectivity index (χ0v) is 17.5. The second-order valence-electron chi connectivity index (χ2n) is 7.05. The summed E-state index contributed by atoms with van der Waals surface area (Å²) in [6.07, 6.45) is 1.49. The highest BCUT2D eigenvalue weighted by molar-refractivity contribution is 5.97. The van der Waals surface area contributed by atoms with E-state index in [1.807, 2.05) is 30.3 Å². The first-order valence-corrected chi connectivity index (χ1v) is 10.0. The van der Waals surface area contributed by atoms with Gasteiger partial charge in [-0.25, -0.2) is 5.43 Å². The molecule has 4 aromatic carbocycles. The minimum absolute atomic E-state index is 0.102. The van der Waals surface area contributed by atoms with Crippen LogP contribution >= 0.6 is 0 Å². The third-order valence-electron chi connectivity index (χ3n) is 4.98. The van der Waals surface area contributed by atoms with Crippen molar-refractivity contribution in [3.63, 3.8) is 0 Å². The van der Waals surface area contributed by atoms with Crippen molar-refractivity contribution >= 4 is 22.9 Å². The monoisotopic (exact) mass is 426 g/mol. The number of phenols is 1. The first-order chi connectivity index (χ1) is 15.7. The number of rotatable bonds is 7. The van der Waals surface area contributed by atoms with Crippen LogP contribution in [-0.2, 0) is 6.61 Å². The normalized spacial score (nSPS) is 10.9. The number of fused-ring (bicyclic) bond motifs is 1. The fourth-order valence-corrected chi connectivity index (χ4v) is 3.35. The molecule has 0 aliphatic carbocycles. The maximum Gasteiger partial charge on any atom is 0.275 e. The molecule has 4 rings (SSSR count). The van der Waals surface area contributed by atoms with Crippen LogP contribution < -0.4 is 14.9 Å². The van der Waals surface area contributed by atoms with Gasteiger partial charge in [0.05, 0.1) is 18.9 Å². The van der Waals surface area contributed by atoms with Crippen molar-refractivity contribution in [3.8, 4) is 17.2 Å². The highest BCUT2D eigenvalue weighted by Crippen LogP contribution is 2.29. The number of ether oxygens (including phenoxy) is 2. The summed E-state index contributed by atoms with van der Waals surface area (Å²) in [6, 6.07) is 26.0. The lowest BCUT2D eigenvalue weighted by atomic mass is 10.1. The lowest BCUT2D eigenvalue weighted by molar-refractivity contribution is 0.0952. The summed E-state index contributed by atoms with van der Waals surface area (Å²) in [5.41, 5.74) is 4.36. The Labute approximate surface area is 185 Å². The van der Waals surface area contributed by atoms with Crippen LogP contribution in [0.25, 0.3) is 10.8 Å². The Morgan fingerprint density at radius 3 is 2.59 bits per heavy atom. The van der Waals surface area contributed by atoms with E-state index < -0.39 is 5.91 Å². The molecule has 0 fully saturated rings. The molecule has 0 heterocycles. The molecule has 0 radical (unpaired) electrons. The molecule has 0 atom stereocenters. The molecular weight excluding hydrogens is 404 g/mol. The number of phenolic OH excluding ortho intramolecular Hbond substituents is 1. The van der Waals surface area contributed by atoms with Crippen LogP contribution in [0, 0.1) is 0 Å². The van der Waals surface area contributed by atoms with Crippen LogP contribution in [0.5, 0.6) is 17.2 Å². The van der Waals surface area contributed by atoms with Crippen molar-refractivity contribution < 1.29 is 19.4 Å². The summed E-state index contributed by atoms with van der Waals surface area (Å²) in [4.78, 5) is 12.1. The van der Waals surface area contributed by atoms with Crippen LogP contribution in [-0.4, -0.2) is 24.3 Å². The van der Waals surface area contributed by atoms with Crippen molar-refractivity contribution in [1.29, 1.82) is 0 Å². The average molecular weight is 426 g/mol. The van der Waals surface area contributed by atoms with E-state index in [0.717, 1.165) is 21.9 Å². The highest BCUT2D eigenvalue weighted by Gasteiger charge is 2.10. The molecule has 4 aromatic rings. The topological polar surface area (TPSA) is 80.2 Å². The van der Waals surface area contributed by atoms with E-state index in [0.29, 0.717) is 18.1 Å². The Hall–Kier alpha value is -4.32. The molecule has 1 amide bonds. The third-order valence-corrected chi connectivity index (χ3v) is 4.98. The number of aromatic hydroxyl groups is 1. The van der Waals surface area contributed by atoms with Gasteiger partial charge in [-0.1, -0.05) is 54.6 Å². The number of nitrogens with one attached hydrogen (secondary N) is 1. The van der Waals surface area contributed by atoms with Crippen LogP contribution in [0.15, 0.2) is 90.0 Å². The zero-order valence-electron chi connectivity index (χ0n) is 17.5. The quantitative estimate of drug-likeness (QED) is 0.325. The fourth-order valence-electron chi connectivity index (χ4n) is 3.35. The molecule has 0 aliphatic heterocycles. The number of nitrogens with zero attached hydrogens (tertiary/aromatic N) is 1. The second-order valence-corrected chi connectivity index (χ2v) is 7.05. The van der Waals surface area contributed by atoms with Crippen molar-refractivity contribution in [2.24, 2.45) is 5.10 Å². The minimum atomic E-state index is -0.499. The van der Waals surface area contributed by atoms with Crippen LogP contribution in [0.1, 0.15) is 21.5 Å². The average Bonchev–Trinajstić information content (AvgIpc) is 2.83. The third kappa shape index (κ3) is 4.70. The minimum Gasteiger partial charge on any atom is -0.507 e. The number of hydrazone groups is 1. The maximum absolute atomic E-state index is 12.1. The van der Waals surface area contributed by atoms with E-state index in [1.54, 1.807) is 31.4 Å². The first kappa shape index (κ1) is 20.9. The summed E-state index contributed by atoms with van der Waals surface area (Å²) in [5.74, 6) is 0.563. The Balaban J connectivity index is 1.44. The number of hydrogen-bond donors (Lipinski definition) is 2. The van der Waals surface area contributed by atoms with Gasteiger partial charge in [0.15, 0.2) is 11.5 Å². The van der Waals surface area contributed by atoms with Gasteiger partial charge in [-0.3, -0.25) is 4.79 Å². The molecule has 0 unspecified atom stereocenters. The Bertz CT molecular complexity index is 1280. The lowest BCUT2D eigenvalue weighted by Gasteiger charge is -2.12. The van der Waals surface area contributed by atoms with Gasteiger partial charge in [-0.05, 0) is 52.2 Å². The molecule has 0 saturated heterocycles. The molecule has 6 heteroatoms. The molecule has 0 aromatic heterocycles. The van der Waals surface area contributed by atoms with Gasteiger partial charge in [0.2, 0.25) is 0 Å². The largest absolute Gasteiger partial charge is 0.507 e. The fraction of sp³-hybridized carbons (Fsp3) is 0.0769. The van der Waals surface area contributed by atoms with Crippen LogP contribution in [0.2, 0.25) is 0 Å². The molecule has 0 bridgehead atoms. The first-order valence-electron chi connectivity index (χ1n) is 10.0. The van der Waals surface area contributed by atoms with Crippen molar-refractivity contribution in [2.75, 3.05) is 7.11 Å². The summed E-state index contributed by atoms with van der Waals surface area (Å²) in [7, 11) is 1.57. The summed E-state index contributed by atoms with van der Waals surface area (Å²) < 4.78 is 11.5.